The molecule has 0 bridgehead atoms. The van der Waals surface area contributed by atoms with Gasteiger partial charge in [0.15, 0.2) is 11.4 Å². The second-order valence-electron chi connectivity index (χ2n) is 5.41. The molecule has 3 heteroatoms. The summed E-state index contributed by atoms with van der Waals surface area (Å²) in [6, 6.07) is 7.13. The van der Waals surface area contributed by atoms with Gasteiger partial charge in [-0.1, -0.05) is 25.5 Å². The molecule has 1 aromatic heterocycles. The van der Waals surface area contributed by atoms with Crippen LogP contribution in [0.25, 0.3) is 11.0 Å². The minimum atomic E-state index is -0.259. The summed E-state index contributed by atoms with van der Waals surface area (Å²) in [6.07, 6.45) is 3.62. The molecule has 0 spiro atoms. The first-order valence-corrected chi connectivity index (χ1v) is 7.18. The fourth-order valence-corrected chi connectivity index (χ4v) is 3.22. The van der Waals surface area contributed by atoms with Crippen molar-refractivity contribution in [2.75, 3.05) is 13.1 Å². The Labute approximate surface area is 113 Å². The van der Waals surface area contributed by atoms with Crippen LogP contribution in [0.1, 0.15) is 37.9 Å². The number of hydrogen-bond donors (Lipinski definition) is 1. The summed E-state index contributed by atoms with van der Waals surface area (Å²) in [5, 5.41) is 4.30. The molecule has 0 amide bonds. The molecule has 0 aliphatic heterocycles. The van der Waals surface area contributed by atoms with Crippen LogP contribution < -0.4 is 5.32 Å². The zero-order chi connectivity index (χ0) is 13.2. The molecule has 1 aliphatic rings. The van der Waals surface area contributed by atoms with Crippen LogP contribution in [-0.2, 0) is 0 Å². The van der Waals surface area contributed by atoms with Gasteiger partial charge in [-0.15, -0.1) is 0 Å². The van der Waals surface area contributed by atoms with E-state index in [-0.39, 0.29) is 5.82 Å². The Morgan fingerprint density at radius 3 is 3.05 bits per heavy atom. The molecule has 1 aromatic carbocycles. The Morgan fingerprint density at radius 1 is 1.37 bits per heavy atom. The summed E-state index contributed by atoms with van der Waals surface area (Å²) < 4.78 is 19.5. The largest absolute Gasteiger partial charge is 0.458 e. The van der Waals surface area contributed by atoms with Crippen LogP contribution in [0.4, 0.5) is 4.39 Å². The molecule has 1 heterocycles. The van der Waals surface area contributed by atoms with Crippen LogP contribution >= 0.6 is 0 Å². The molecule has 1 aliphatic carbocycles. The van der Waals surface area contributed by atoms with Gasteiger partial charge in [-0.05, 0) is 44.0 Å². The quantitative estimate of drug-likeness (QED) is 0.897. The van der Waals surface area contributed by atoms with Crippen LogP contribution in [-0.4, -0.2) is 13.1 Å². The number of para-hydroxylation sites is 1. The monoisotopic (exact) mass is 261 g/mol. The Morgan fingerprint density at radius 2 is 2.26 bits per heavy atom. The maximum Gasteiger partial charge on any atom is 0.169 e. The number of nitrogens with one attached hydrogen (secondary N) is 1. The summed E-state index contributed by atoms with van der Waals surface area (Å²) in [5.41, 5.74) is 0.409. The molecule has 19 heavy (non-hydrogen) atoms. The van der Waals surface area contributed by atoms with E-state index >= 15 is 0 Å². The van der Waals surface area contributed by atoms with Gasteiger partial charge in [0.25, 0.3) is 0 Å². The van der Waals surface area contributed by atoms with Gasteiger partial charge in [-0.3, -0.25) is 0 Å². The van der Waals surface area contributed by atoms with Crippen LogP contribution in [0.2, 0.25) is 0 Å². The average molecular weight is 261 g/mol. The van der Waals surface area contributed by atoms with Gasteiger partial charge < -0.3 is 9.73 Å². The second kappa shape index (κ2) is 5.33. The van der Waals surface area contributed by atoms with E-state index in [9.17, 15) is 4.39 Å². The van der Waals surface area contributed by atoms with Crippen molar-refractivity contribution >= 4 is 11.0 Å². The van der Waals surface area contributed by atoms with Gasteiger partial charge in [-0.2, -0.15) is 0 Å². The van der Waals surface area contributed by atoms with Crippen molar-refractivity contribution in [3.8, 4) is 0 Å². The summed E-state index contributed by atoms with van der Waals surface area (Å²) >= 11 is 0. The molecule has 0 saturated heterocycles. The normalized spacial score (nSPS) is 23.3. The van der Waals surface area contributed by atoms with Crippen LogP contribution in [0.3, 0.4) is 0 Å². The average Bonchev–Trinajstić information content (AvgIpc) is 3.02. The third-order valence-electron chi connectivity index (χ3n) is 4.20. The van der Waals surface area contributed by atoms with Crippen molar-refractivity contribution in [1.82, 2.24) is 5.32 Å². The summed E-state index contributed by atoms with van der Waals surface area (Å²) in [5.74, 6) is 1.75. The highest BCUT2D eigenvalue weighted by Gasteiger charge is 2.30. The van der Waals surface area contributed by atoms with Gasteiger partial charge in [0, 0.05) is 11.3 Å². The molecule has 2 atom stereocenters. The summed E-state index contributed by atoms with van der Waals surface area (Å²) in [6.45, 7) is 4.15. The van der Waals surface area contributed by atoms with Gasteiger partial charge in [0.05, 0.1) is 0 Å². The third kappa shape index (κ3) is 2.39. The van der Waals surface area contributed by atoms with E-state index in [1.54, 1.807) is 6.07 Å². The number of benzene rings is 1. The molecule has 2 unspecified atom stereocenters. The molecular formula is C16H20FNO. The molecular weight excluding hydrogens is 241 g/mol. The Balaban J connectivity index is 1.88. The maximum atomic E-state index is 13.7. The van der Waals surface area contributed by atoms with E-state index in [1.807, 2.05) is 12.1 Å². The molecule has 2 aromatic rings. The molecule has 0 radical (unpaired) electrons. The summed E-state index contributed by atoms with van der Waals surface area (Å²) in [4.78, 5) is 0. The fraction of sp³-hybridized carbons (Fsp3) is 0.500. The minimum Gasteiger partial charge on any atom is -0.458 e. The zero-order valence-electron chi connectivity index (χ0n) is 11.3. The van der Waals surface area contributed by atoms with E-state index < -0.39 is 0 Å². The van der Waals surface area contributed by atoms with Gasteiger partial charge in [-0.25, -0.2) is 4.39 Å². The van der Waals surface area contributed by atoms with Crippen LogP contribution in [0.15, 0.2) is 28.7 Å². The maximum absolute atomic E-state index is 13.7. The first-order chi connectivity index (χ1) is 9.29. The number of halogens is 1. The molecule has 3 rings (SSSR count). The Hall–Kier alpha value is -1.35. The lowest BCUT2D eigenvalue weighted by molar-refractivity contribution is 0.390. The number of furan rings is 1. The van der Waals surface area contributed by atoms with Crippen molar-refractivity contribution in [1.29, 1.82) is 0 Å². The van der Waals surface area contributed by atoms with Crippen LogP contribution in [0.5, 0.6) is 0 Å². The number of fused-ring (bicyclic) bond motifs is 1. The fourth-order valence-electron chi connectivity index (χ4n) is 3.22. The standard InChI is InChI=1S/C16H20FNO/c1-2-18-10-12-6-3-7-13(12)15-9-11-5-4-8-14(17)16(11)19-15/h4-5,8-9,12-13,18H,2-3,6-7,10H2,1H3. The van der Waals surface area contributed by atoms with Crippen molar-refractivity contribution in [2.45, 2.75) is 32.1 Å². The SMILES string of the molecule is CCNCC1CCCC1c1cc2cccc(F)c2o1. The minimum absolute atomic E-state index is 0.259. The highest BCUT2D eigenvalue weighted by molar-refractivity contribution is 5.78. The number of hydrogen-bond acceptors (Lipinski definition) is 2. The highest BCUT2D eigenvalue weighted by Crippen LogP contribution is 2.41. The van der Waals surface area contributed by atoms with Crippen molar-refractivity contribution in [3.63, 3.8) is 0 Å². The highest BCUT2D eigenvalue weighted by atomic mass is 19.1. The van der Waals surface area contributed by atoms with Gasteiger partial charge >= 0.3 is 0 Å². The van der Waals surface area contributed by atoms with E-state index in [0.717, 1.165) is 30.7 Å². The first kappa shape index (κ1) is 12.7. The lowest BCUT2D eigenvalue weighted by Gasteiger charge is -2.17. The van der Waals surface area contributed by atoms with Crippen molar-refractivity contribution < 1.29 is 8.81 Å². The molecule has 1 N–H and O–H groups in total. The summed E-state index contributed by atoms with van der Waals surface area (Å²) in [7, 11) is 0. The molecule has 102 valence electrons. The van der Waals surface area contributed by atoms with Crippen molar-refractivity contribution in [3.05, 3.63) is 35.8 Å². The number of rotatable bonds is 4. The predicted molar refractivity (Wildman–Crippen MR) is 74.8 cm³/mol. The second-order valence-corrected chi connectivity index (χ2v) is 5.41. The lowest BCUT2D eigenvalue weighted by atomic mass is 9.93. The predicted octanol–water partition coefficient (Wildman–Crippen LogP) is 4.07. The smallest absolute Gasteiger partial charge is 0.169 e. The lowest BCUT2D eigenvalue weighted by Crippen LogP contribution is -2.24. The topological polar surface area (TPSA) is 25.2 Å². The third-order valence-corrected chi connectivity index (χ3v) is 4.20. The van der Waals surface area contributed by atoms with Crippen LogP contribution in [0, 0.1) is 11.7 Å². The van der Waals surface area contributed by atoms with Gasteiger partial charge in [0.1, 0.15) is 5.76 Å². The van der Waals surface area contributed by atoms with E-state index in [4.69, 9.17) is 4.42 Å². The van der Waals surface area contributed by atoms with E-state index in [2.05, 4.69) is 12.2 Å². The zero-order valence-corrected chi connectivity index (χ0v) is 11.3. The molecule has 2 nitrogen and oxygen atoms in total. The van der Waals surface area contributed by atoms with Gasteiger partial charge in [0.2, 0.25) is 0 Å². The Kier molecular flexibility index (Phi) is 3.56. The van der Waals surface area contributed by atoms with E-state index in [1.165, 1.54) is 18.9 Å². The first-order valence-electron chi connectivity index (χ1n) is 7.18. The molecule has 1 saturated carbocycles. The van der Waals surface area contributed by atoms with Crippen molar-refractivity contribution in [2.24, 2.45) is 5.92 Å². The van der Waals surface area contributed by atoms with E-state index in [0.29, 0.717) is 17.4 Å². The Bertz CT molecular complexity index is 563. The molecule has 1 fully saturated rings.